The quantitative estimate of drug-likeness (QED) is 0.204. The summed E-state index contributed by atoms with van der Waals surface area (Å²) in [5, 5.41) is 0. The van der Waals surface area contributed by atoms with E-state index in [1.165, 1.54) is 0 Å². The second-order valence-electron chi connectivity index (χ2n) is 1.26. The molecule has 112 valence electrons. The maximum atomic E-state index is 8.63. The van der Waals surface area contributed by atoms with Gasteiger partial charge in [-0.2, -0.15) is 0 Å². The molecule has 0 spiro atoms. The first-order valence-corrected chi connectivity index (χ1v) is 14.4. The van der Waals surface area contributed by atoms with E-state index in [0.717, 1.165) is 0 Å². The standard InChI is InChI=1S/3Cs.2Mo.3Na.2Nb.14O/q3*+1;;;3*+1;;;;;;;;;;;6*-1. The van der Waals surface area contributed by atoms with Crippen molar-refractivity contribution in [3.05, 3.63) is 0 Å². The van der Waals surface area contributed by atoms with Gasteiger partial charge >= 0.3 is 415 Å². The summed E-state index contributed by atoms with van der Waals surface area (Å²) in [6.45, 7) is 0. The molecule has 0 bridgehead atoms. The van der Waals surface area contributed by atoms with E-state index < -0.39 is 71.1 Å². The molecule has 0 aliphatic rings. The Balaban J connectivity index is -0.0000000126. The van der Waals surface area contributed by atoms with Crippen LogP contribution in [0.5, 0.6) is 0 Å². The van der Waals surface area contributed by atoms with Crippen LogP contribution in [0.25, 0.3) is 0 Å². The van der Waals surface area contributed by atoms with Crippen molar-refractivity contribution in [2.24, 2.45) is 0 Å². The van der Waals surface area contributed by atoms with E-state index >= 15 is 0 Å². The second-order valence-corrected chi connectivity index (χ2v) is 7.48. The Hall–Kier alpha value is 10.2. The Bertz CT molecular complexity index is 454. The summed E-state index contributed by atoms with van der Waals surface area (Å²) in [5.74, 6) is 0. The van der Waals surface area contributed by atoms with Gasteiger partial charge in [0.25, 0.3) is 0 Å². The number of hydrogen-bond donors (Lipinski definition) is 0. The Kier molecular flexibility index (Phi) is 116. The monoisotopic (exact) mass is 1070 g/mol. The van der Waals surface area contributed by atoms with Gasteiger partial charge in [0.1, 0.15) is 0 Å². The first kappa shape index (κ1) is 64.4. The average molecular weight is 1070 g/mol. The Morgan fingerprint density at radius 1 is 0.500 bits per heavy atom. The summed E-state index contributed by atoms with van der Waals surface area (Å²) in [6.07, 6.45) is 0. The number of hydrogen-bond acceptors (Lipinski definition) is 14. The van der Waals surface area contributed by atoms with Crippen LogP contribution in [-0.4, -0.2) is 0 Å². The fourth-order valence-electron chi connectivity index (χ4n) is 0. The van der Waals surface area contributed by atoms with Crippen molar-refractivity contribution in [2.75, 3.05) is 0 Å². The minimum absolute atomic E-state index is 0. The molecule has 0 amide bonds. The molecule has 0 aliphatic carbocycles. The van der Waals surface area contributed by atoms with Gasteiger partial charge in [0.15, 0.2) is 0 Å². The SMILES string of the molecule is [Cs+].[Cs+].[Cs+].[Na+].[Na+].[Na+].[O]=[Mo](=[O])([O-])[O-].[O]=[Mo](=[O])([O-])[O-].[O]=[Nb](=[O])[O-].[O]=[Nb](=[O])[O-]. The van der Waals surface area contributed by atoms with Crippen LogP contribution in [-0.2, 0) is 97.7 Å². The van der Waals surface area contributed by atoms with Gasteiger partial charge < -0.3 is 0 Å². The summed E-state index contributed by atoms with van der Waals surface area (Å²) in [4.78, 5) is 0. The van der Waals surface area contributed by atoms with E-state index in [9.17, 15) is 0 Å². The minimum atomic E-state index is -6.02. The van der Waals surface area contributed by atoms with Crippen LogP contribution in [0, 0.1) is 0 Å². The van der Waals surface area contributed by atoms with E-state index in [1.54, 1.807) is 0 Å². The summed E-state index contributed by atoms with van der Waals surface area (Å²) in [5.41, 5.74) is 0. The summed E-state index contributed by atoms with van der Waals surface area (Å²) < 4.78 is 121. The average Bonchev–Trinajstić information content (AvgIpc) is 1.70. The molecule has 0 aliphatic heterocycles. The van der Waals surface area contributed by atoms with Gasteiger partial charge in [-0.1, -0.05) is 0 Å². The predicted molar refractivity (Wildman–Crippen MR) is 5.49 cm³/mol. The van der Waals surface area contributed by atoms with Crippen LogP contribution in [0.4, 0.5) is 0 Å². The summed E-state index contributed by atoms with van der Waals surface area (Å²) in [6, 6.07) is 0. The van der Waals surface area contributed by atoms with Crippen molar-refractivity contribution in [3.63, 3.8) is 0 Å². The third-order valence-electron chi connectivity index (χ3n) is 0. The molecule has 0 aromatic heterocycles. The molecule has 0 aromatic rings. The molecule has 0 radical (unpaired) electrons. The van der Waals surface area contributed by atoms with E-state index in [1.807, 2.05) is 0 Å². The van der Waals surface area contributed by atoms with Crippen molar-refractivity contribution in [2.45, 2.75) is 0 Å². The van der Waals surface area contributed by atoms with Crippen molar-refractivity contribution in [1.29, 1.82) is 0 Å². The Morgan fingerprint density at radius 3 is 0.500 bits per heavy atom. The fourth-order valence-corrected chi connectivity index (χ4v) is 0. The molecule has 0 N–H and O–H groups in total. The van der Waals surface area contributed by atoms with E-state index in [4.69, 9.17) is 48.9 Å². The van der Waals surface area contributed by atoms with Crippen LogP contribution < -0.4 is 318 Å². The molecule has 14 nitrogen and oxygen atoms in total. The van der Waals surface area contributed by atoms with Crippen molar-refractivity contribution in [1.82, 2.24) is 0 Å². The zero-order valence-corrected chi connectivity index (χ0v) is 46.7. The molecule has 0 rings (SSSR count). The van der Waals surface area contributed by atoms with Crippen LogP contribution in [0.2, 0.25) is 0 Å². The molecule has 24 heteroatoms. The zero-order valence-electron chi connectivity index (χ0n) is 13.4. The molecule has 0 heterocycles. The van der Waals surface area contributed by atoms with E-state index in [-0.39, 0.29) is 295 Å². The Morgan fingerprint density at radius 2 is 0.500 bits per heavy atom. The van der Waals surface area contributed by atoms with Crippen LogP contribution in [0.3, 0.4) is 0 Å². The van der Waals surface area contributed by atoms with Crippen LogP contribution in [0.1, 0.15) is 0 Å². The van der Waals surface area contributed by atoms with Gasteiger partial charge in [-0.05, 0) is 0 Å². The summed E-state index contributed by atoms with van der Waals surface area (Å²) in [7, 11) is 0. The molecule has 24 heavy (non-hydrogen) atoms. The Labute approximate surface area is 400 Å². The van der Waals surface area contributed by atoms with Gasteiger partial charge in [0, 0.05) is 0 Å². The van der Waals surface area contributed by atoms with Gasteiger partial charge in [-0.15, -0.1) is 0 Å². The van der Waals surface area contributed by atoms with E-state index in [2.05, 4.69) is 0 Å². The van der Waals surface area contributed by atoms with Gasteiger partial charge in [-0.3, -0.25) is 0 Å². The van der Waals surface area contributed by atoms with Gasteiger partial charge in [-0.25, -0.2) is 0 Å². The van der Waals surface area contributed by atoms with Crippen LogP contribution in [0.15, 0.2) is 0 Å². The molecule has 0 fully saturated rings. The molecule has 0 saturated heterocycles. The normalized spacial score (nSPS) is 6.92. The third-order valence-corrected chi connectivity index (χ3v) is 0. The topological polar surface area (TPSA) is 275 Å². The fraction of sp³-hybridized carbons (Fsp3) is 0. The molecule has 0 aromatic carbocycles. The third kappa shape index (κ3) is 302. The first-order valence-electron chi connectivity index (χ1n) is 2.43. The summed E-state index contributed by atoms with van der Waals surface area (Å²) >= 11 is -20.4. The predicted octanol–water partition coefficient (Wildman–Crippen LogP) is -26.1. The molecular formula is Cs3Mo2Na3Nb2O14. The maximum absolute atomic E-state index is 8.63. The number of rotatable bonds is 0. The second kappa shape index (κ2) is 43.3. The molecule has 0 atom stereocenters. The first-order chi connectivity index (χ1) is 7.46. The van der Waals surface area contributed by atoms with Crippen LogP contribution >= 0.6 is 0 Å². The van der Waals surface area contributed by atoms with Crippen molar-refractivity contribution < 1.29 is 415 Å². The van der Waals surface area contributed by atoms with E-state index in [0.29, 0.717) is 0 Å². The molecule has 0 unspecified atom stereocenters. The van der Waals surface area contributed by atoms with Gasteiger partial charge in [0.2, 0.25) is 0 Å². The molecule has 0 saturated carbocycles. The van der Waals surface area contributed by atoms with Gasteiger partial charge in [0.05, 0.1) is 0 Å². The zero-order chi connectivity index (χ0) is 16.2. The van der Waals surface area contributed by atoms with Crippen molar-refractivity contribution in [3.8, 4) is 0 Å². The van der Waals surface area contributed by atoms with Crippen molar-refractivity contribution >= 4 is 0 Å². The molecular weight excluding hydrogens is 1070 g/mol.